The summed E-state index contributed by atoms with van der Waals surface area (Å²) in [5.41, 5.74) is 3.81. The van der Waals surface area contributed by atoms with Crippen molar-refractivity contribution in [3.63, 3.8) is 0 Å². The average molecular weight is 213 g/mol. The van der Waals surface area contributed by atoms with E-state index in [2.05, 4.69) is 23.5 Å². The first-order valence-corrected chi connectivity index (χ1v) is 5.92. The van der Waals surface area contributed by atoms with Crippen LogP contribution in [0.5, 0.6) is 0 Å². The lowest BCUT2D eigenvalue weighted by Gasteiger charge is -2.01. The molecule has 0 radical (unpaired) electrons. The summed E-state index contributed by atoms with van der Waals surface area (Å²) < 4.78 is 0. The van der Waals surface area contributed by atoms with Crippen LogP contribution in [0.2, 0.25) is 0 Å². The van der Waals surface area contributed by atoms with Crippen LogP contribution in [-0.4, -0.2) is 11.9 Å². The van der Waals surface area contributed by atoms with Crippen LogP contribution in [0.4, 0.5) is 0 Å². The van der Waals surface area contributed by atoms with Crippen molar-refractivity contribution >= 4 is 11.5 Å². The van der Waals surface area contributed by atoms with Crippen LogP contribution in [-0.2, 0) is 11.2 Å². The zero-order valence-corrected chi connectivity index (χ0v) is 9.20. The van der Waals surface area contributed by atoms with E-state index in [4.69, 9.17) is 0 Å². The summed E-state index contributed by atoms with van der Waals surface area (Å²) in [6.07, 6.45) is 6.14. The van der Waals surface area contributed by atoms with Gasteiger partial charge in [-0.15, -0.1) is 0 Å². The number of rotatable bonds is 2. The Morgan fingerprint density at radius 3 is 2.88 bits per heavy atom. The molecule has 1 aromatic rings. The van der Waals surface area contributed by atoms with Crippen molar-refractivity contribution < 1.29 is 4.79 Å². The summed E-state index contributed by atoms with van der Waals surface area (Å²) in [5.74, 6) is 0.0780. The maximum absolute atomic E-state index is 11.7. The van der Waals surface area contributed by atoms with E-state index in [9.17, 15) is 4.79 Å². The zero-order valence-electron chi connectivity index (χ0n) is 9.20. The molecule has 16 heavy (non-hydrogen) atoms. The Hall–Kier alpha value is -1.57. The molecule has 82 valence electrons. The molecular weight excluding hydrogens is 198 g/mol. The second-order valence-corrected chi connectivity index (χ2v) is 4.61. The molecule has 2 aliphatic rings. The van der Waals surface area contributed by atoms with Gasteiger partial charge in [0, 0.05) is 12.1 Å². The van der Waals surface area contributed by atoms with Gasteiger partial charge in [0.15, 0.2) is 0 Å². The number of carbonyl (C=O) groups is 1. The van der Waals surface area contributed by atoms with Gasteiger partial charge in [-0.25, -0.2) is 0 Å². The third kappa shape index (κ3) is 1.87. The molecule has 1 saturated carbocycles. The van der Waals surface area contributed by atoms with Crippen molar-refractivity contribution in [3.8, 4) is 0 Å². The minimum atomic E-state index is 0.0780. The highest BCUT2D eigenvalue weighted by atomic mass is 16.1. The predicted molar refractivity (Wildman–Crippen MR) is 63.9 cm³/mol. The predicted octanol–water partition coefficient (Wildman–Crippen LogP) is 2.29. The molecule has 1 fully saturated rings. The van der Waals surface area contributed by atoms with E-state index in [1.807, 2.05) is 6.07 Å². The summed E-state index contributed by atoms with van der Waals surface area (Å²) in [7, 11) is 0. The minimum absolute atomic E-state index is 0.0780. The van der Waals surface area contributed by atoms with Gasteiger partial charge in [-0.1, -0.05) is 24.3 Å². The number of allylic oxidation sites excluding steroid dienone is 1. The molecule has 1 N–H and O–H groups in total. The fourth-order valence-corrected chi connectivity index (χ4v) is 2.23. The fraction of sp³-hybridized carbons (Fsp3) is 0.357. The molecule has 3 rings (SSSR count). The third-order valence-electron chi connectivity index (χ3n) is 3.26. The maximum atomic E-state index is 11.7. The molecule has 1 aromatic carbocycles. The molecule has 2 heteroatoms. The molecule has 0 atom stereocenters. The Kier molecular flexibility index (Phi) is 2.28. The lowest BCUT2D eigenvalue weighted by molar-refractivity contribution is -0.116. The standard InChI is InChI=1S/C14H15NO/c16-14(15-12-7-8-12)9-11-6-5-10-3-1-2-4-13(10)11/h1-4,9,12H,5-8H2,(H,15,16). The second kappa shape index (κ2) is 3.78. The smallest absolute Gasteiger partial charge is 0.244 e. The number of fused-ring (bicyclic) bond motifs is 1. The highest BCUT2D eigenvalue weighted by Crippen LogP contribution is 2.31. The highest BCUT2D eigenvalue weighted by molar-refractivity contribution is 5.96. The van der Waals surface area contributed by atoms with E-state index in [0.717, 1.165) is 25.7 Å². The molecule has 0 saturated heterocycles. The maximum Gasteiger partial charge on any atom is 0.244 e. The van der Waals surface area contributed by atoms with Gasteiger partial charge in [-0.2, -0.15) is 0 Å². The summed E-state index contributed by atoms with van der Waals surface area (Å²) in [6.45, 7) is 0. The Balaban J connectivity index is 1.80. The number of aryl methyl sites for hydroxylation is 1. The van der Waals surface area contributed by atoms with Crippen LogP contribution in [0.3, 0.4) is 0 Å². The zero-order chi connectivity index (χ0) is 11.0. The van der Waals surface area contributed by atoms with E-state index >= 15 is 0 Å². The Bertz CT molecular complexity index is 458. The van der Waals surface area contributed by atoms with Crippen molar-refractivity contribution in [2.45, 2.75) is 31.7 Å². The first-order valence-electron chi connectivity index (χ1n) is 5.92. The number of hydrogen-bond acceptors (Lipinski definition) is 1. The molecule has 2 aliphatic carbocycles. The molecule has 0 heterocycles. The first-order chi connectivity index (χ1) is 7.83. The number of carbonyl (C=O) groups excluding carboxylic acids is 1. The van der Waals surface area contributed by atoms with E-state index in [1.54, 1.807) is 6.08 Å². The van der Waals surface area contributed by atoms with Crippen molar-refractivity contribution in [3.05, 3.63) is 41.5 Å². The fourth-order valence-electron chi connectivity index (χ4n) is 2.23. The van der Waals surface area contributed by atoms with Crippen molar-refractivity contribution in [2.75, 3.05) is 0 Å². The Morgan fingerprint density at radius 1 is 1.25 bits per heavy atom. The second-order valence-electron chi connectivity index (χ2n) is 4.61. The van der Waals surface area contributed by atoms with Crippen molar-refractivity contribution in [1.29, 1.82) is 0 Å². The average Bonchev–Trinajstić information content (AvgIpc) is 3.00. The molecule has 0 spiro atoms. The number of amides is 1. The summed E-state index contributed by atoms with van der Waals surface area (Å²) in [5, 5.41) is 3.00. The number of nitrogens with one attached hydrogen (secondary N) is 1. The van der Waals surface area contributed by atoms with Crippen LogP contribution < -0.4 is 5.32 Å². The first kappa shape index (κ1) is 9.64. The van der Waals surface area contributed by atoms with Gasteiger partial charge in [-0.3, -0.25) is 4.79 Å². The monoisotopic (exact) mass is 213 g/mol. The van der Waals surface area contributed by atoms with E-state index in [0.29, 0.717) is 6.04 Å². The Morgan fingerprint density at radius 2 is 2.06 bits per heavy atom. The largest absolute Gasteiger partial charge is 0.350 e. The van der Waals surface area contributed by atoms with Gasteiger partial charge in [0.1, 0.15) is 0 Å². The van der Waals surface area contributed by atoms with E-state index in [-0.39, 0.29) is 5.91 Å². The molecule has 1 amide bonds. The summed E-state index contributed by atoms with van der Waals surface area (Å²) >= 11 is 0. The SMILES string of the molecule is O=C(C=C1CCc2ccccc21)NC1CC1. The number of benzene rings is 1. The van der Waals surface area contributed by atoms with Crippen LogP contribution in [0.1, 0.15) is 30.4 Å². The molecule has 0 aliphatic heterocycles. The topological polar surface area (TPSA) is 29.1 Å². The third-order valence-corrected chi connectivity index (χ3v) is 3.26. The molecule has 2 nitrogen and oxygen atoms in total. The lowest BCUT2D eigenvalue weighted by atomic mass is 10.1. The summed E-state index contributed by atoms with van der Waals surface area (Å²) in [4.78, 5) is 11.7. The van der Waals surface area contributed by atoms with Crippen molar-refractivity contribution in [2.24, 2.45) is 0 Å². The van der Waals surface area contributed by atoms with Crippen LogP contribution in [0.15, 0.2) is 30.3 Å². The lowest BCUT2D eigenvalue weighted by Crippen LogP contribution is -2.23. The van der Waals surface area contributed by atoms with Crippen LogP contribution in [0, 0.1) is 0 Å². The van der Waals surface area contributed by atoms with Gasteiger partial charge in [0.05, 0.1) is 0 Å². The van der Waals surface area contributed by atoms with Gasteiger partial charge in [0.2, 0.25) is 5.91 Å². The van der Waals surface area contributed by atoms with E-state index < -0.39 is 0 Å². The van der Waals surface area contributed by atoms with Gasteiger partial charge in [0.25, 0.3) is 0 Å². The minimum Gasteiger partial charge on any atom is -0.350 e. The van der Waals surface area contributed by atoms with Crippen LogP contribution in [0.25, 0.3) is 5.57 Å². The number of hydrogen-bond donors (Lipinski definition) is 1. The van der Waals surface area contributed by atoms with E-state index in [1.165, 1.54) is 16.7 Å². The van der Waals surface area contributed by atoms with Crippen molar-refractivity contribution in [1.82, 2.24) is 5.32 Å². The molecule has 0 bridgehead atoms. The summed E-state index contributed by atoms with van der Waals surface area (Å²) in [6, 6.07) is 8.80. The molecule has 0 unspecified atom stereocenters. The van der Waals surface area contributed by atoms with Crippen LogP contribution >= 0.6 is 0 Å². The highest BCUT2D eigenvalue weighted by Gasteiger charge is 2.23. The van der Waals surface area contributed by atoms with Gasteiger partial charge in [-0.05, 0) is 42.4 Å². The normalized spacial score (nSPS) is 20.9. The van der Waals surface area contributed by atoms with Gasteiger partial charge >= 0.3 is 0 Å². The quantitative estimate of drug-likeness (QED) is 0.750. The van der Waals surface area contributed by atoms with Gasteiger partial charge < -0.3 is 5.32 Å². The molecular formula is C14H15NO. The Labute approximate surface area is 95.4 Å². The molecule has 0 aromatic heterocycles.